The maximum atomic E-state index is 13.2. The van der Waals surface area contributed by atoms with Crippen LogP contribution in [-0.2, 0) is 17.8 Å². The van der Waals surface area contributed by atoms with Crippen molar-refractivity contribution >= 4 is 23.6 Å². The van der Waals surface area contributed by atoms with Gasteiger partial charge in [-0.15, -0.1) is 11.8 Å². The minimum absolute atomic E-state index is 0.135. The van der Waals surface area contributed by atoms with E-state index < -0.39 is 0 Å². The van der Waals surface area contributed by atoms with Crippen molar-refractivity contribution in [2.75, 3.05) is 33.4 Å². The zero-order valence-electron chi connectivity index (χ0n) is 16.5. The SMILES string of the molecule is CN=C(NCCNC(=O)Cc1cccc(F)c1)N(C)Cc1ccc(SC)cc1. The lowest BCUT2D eigenvalue weighted by Crippen LogP contribution is -2.42. The van der Waals surface area contributed by atoms with Crippen LogP contribution in [0.15, 0.2) is 58.4 Å². The Hall–Kier alpha value is -2.54. The molecule has 0 heterocycles. The number of benzene rings is 2. The second-order valence-corrected chi connectivity index (χ2v) is 7.21. The van der Waals surface area contributed by atoms with E-state index in [2.05, 4.69) is 46.1 Å². The van der Waals surface area contributed by atoms with E-state index in [-0.39, 0.29) is 18.1 Å². The van der Waals surface area contributed by atoms with Crippen molar-refractivity contribution < 1.29 is 9.18 Å². The lowest BCUT2D eigenvalue weighted by atomic mass is 10.1. The fraction of sp³-hybridized carbons (Fsp3) is 0.333. The van der Waals surface area contributed by atoms with Gasteiger partial charge in [0.05, 0.1) is 6.42 Å². The minimum atomic E-state index is -0.332. The van der Waals surface area contributed by atoms with E-state index in [0.29, 0.717) is 18.7 Å². The summed E-state index contributed by atoms with van der Waals surface area (Å²) in [4.78, 5) is 19.5. The topological polar surface area (TPSA) is 56.7 Å². The average molecular weight is 403 g/mol. The Morgan fingerprint density at radius 1 is 1.11 bits per heavy atom. The monoisotopic (exact) mass is 402 g/mol. The van der Waals surface area contributed by atoms with Crippen molar-refractivity contribution in [2.45, 2.75) is 17.9 Å². The molecule has 0 fully saturated rings. The fourth-order valence-electron chi connectivity index (χ4n) is 2.74. The van der Waals surface area contributed by atoms with Gasteiger partial charge in [-0.25, -0.2) is 4.39 Å². The van der Waals surface area contributed by atoms with Gasteiger partial charge in [-0.1, -0.05) is 24.3 Å². The molecule has 0 radical (unpaired) electrons. The second-order valence-electron chi connectivity index (χ2n) is 6.33. The Kier molecular flexibility index (Phi) is 8.81. The van der Waals surface area contributed by atoms with Crippen molar-refractivity contribution in [3.05, 3.63) is 65.5 Å². The van der Waals surface area contributed by atoms with Crippen LogP contribution in [0.2, 0.25) is 0 Å². The van der Waals surface area contributed by atoms with Gasteiger partial charge in [0.25, 0.3) is 0 Å². The molecule has 0 saturated carbocycles. The highest BCUT2D eigenvalue weighted by atomic mass is 32.2. The highest BCUT2D eigenvalue weighted by Gasteiger charge is 2.07. The van der Waals surface area contributed by atoms with Gasteiger partial charge in [0.2, 0.25) is 5.91 Å². The number of rotatable bonds is 8. The van der Waals surface area contributed by atoms with Crippen LogP contribution < -0.4 is 10.6 Å². The number of nitrogens with one attached hydrogen (secondary N) is 2. The third kappa shape index (κ3) is 7.23. The summed E-state index contributed by atoms with van der Waals surface area (Å²) in [6, 6.07) is 14.5. The third-order valence-corrected chi connectivity index (χ3v) is 4.88. The average Bonchev–Trinajstić information content (AvgIpc) is 2.68. The number of hydrogen-bond donors (Lipinski definition) is 2. The molecule has 0 unspecified atom stereocenters. The predicted octanol–water partition coefficient (Wildman–Crippen LogP) is 2.91. The summed E-state index contributed by atoms with van der Waals surface area (Å²) in [6.07, 6.45) is 2.22. The molecular formula is C21H27FN4OS. The summed E-state index contributed by atoms with van der Waals surface area (Å²) in [5.41, 5.74) is 1.86. The van der Waals surface area contributed by atoms with Crippen LogP contribution >= 0.6 is 11.8 Å². The first-order chi connectivity index (χ1) is 13.5. The number of amides is 1. The van der Waals surface area contributed by atoms with Crippen molar-refractivity contribution in [1.29, 1.82) is 0 Å². The van der Waals surface area contributed by atoms with Crippen LogP contribution in [-0.4, -0.2) is 50.2 Å². The van der Waals surface area contributed by atoms with Gasteiger partial charge in [0.15, 0.2) is 5.96 Å². The van der Waals surface area contributed by atoms with Crippen LogP contribution in [0.25, 0.3) is 0 Å². The van der Waals surface area contributed by atoms with E-state index in [0.717, 1.165) is 12.5 Å². The van der Waals surface area contributed by atoms with Crippen LogP contribution in [0.1, 0.15) is 11.1 Å². The molecule has 0 aliphatic carbocycles. The molecule has 0 aliphatic rings. The Morgan fingerprint density at radius 2 is 1.82 bits per heavy atom. The second kappa shape index (κ2) is 11.3. The zero-order chi connectivity index (χ0) is 20.4. The summed E-state index contributed by atoms with van der Waals surface area (Å²) in [6.45, 7) is 1.75. The smallest absolute Gasteiger partial charge is 0.224 e. The van der Waals surface area contributed by atoms with Crippen LogP contribution in [0.4, 0.5) is 4.39 Å². The van der Waals surface area contributed by atoms with Gasteiger partial charge in [-0.3, -0.25) is 9.79 Å². The van der Waals surface area contributed by atoms with Crippen LogP contribution in [0.5, 0.6) is 0 Å². The molecule has 7 heteroatoms. The number of nitrogens with zero attached hydrogens (tertiary/aromatic N) is 2. The number of thioether (sulfide) groups is 1. The van der Waals surface area contributed by atoms with Crippen molar-refractivity contribution in [3.8, 4) is 0 Å². The Labute approximate surface area is 170 Å². The number of hydrogen-bond acceptors (Lipinski definition) is 3. The molecular weight excluding hydrogens is 375 g/mol. The van der Waals surface area contributed by atoms with Gasteiger partial charge in [-0.2, -0.15) is 0 Å². The molecule has 0 spiro atoms. The normalized spacial score (nSPS) is 11.2. The lowest BCUT2D eigenvalue weighted by Gasteiger charge is -2.22. The maximum Gasteiger partial charge on any atom is 0.224 e. The molecule has 28 heavy (non-hydrogen) atoms. The quantitative estimate of drug-likeness (QED) is 0.309. The number of carbonyl (C=O) groups excluding carboxylic acids is 1. The first kappa shape index (κ1) is 21.8. The Morgan fingerprint density at radius 3 is 2.46 bits per heavy atom. The van der Waals surface area contributed by atoms with E-state index in [1.807, 2.05) is 11.9 Å². The van der Waals surface area contributed by atoms with E-state index in [1.165, 1.54) is 22.6 Å². The Bertz CT molecular complexity index is 795. The summed E-state index contributed by atoms with van der Waals surface area (Å²) in [5.74, 6) is 0.292. The predicted molar refractivity (Wildman–Crippen MR) is 114 cm³/mol. The van der Waals surface area contributed by atoms with Gasteiger partial charge in [0.1, 0.15) is 5.82 Å². The molecule has 0 aromatic heterocycles. The first-order valence-electron chi connectivity index (χ1n) is 9.07. The standard InChI is InChI=1S/C21H27FN4OS/c1-23-21(26(2)15-16-7-9-19(28-3)10-8-16)25-12-11-24-20(27)14-17-5-4-6-18(22)13-17/h4-10,13H,11-12,14-15H2,1-3H3,(H,23,25)(H,24,27). The number of aliphatic imine (C=N–C) groups is 1. The summed E-state index contributed by atoms with van der Waals surface area (Å²) >= 11 is 1.72. The highest BCUT2D eigenvalue weighted by Crippen LogP contribution is 2.15. The molecule has 2 aromatic rings. The minimum Gasteiger partial charge on any atom is -0.354 e. The molecule has 2 rings (SSSR count). The van der Waals surface area contributed by atoms with E-state index in [1.54, 1.807) is 30.9 Å². The Balaban J connectivity index is 1.72. The molecule has 2 N–H and O–H groups in total. The van der Waals surface area contributed by atoms with Crippen molar-refractivity contribution in [3.63, 3.8) is 0 Å². The van der Waals surface area contributed by atoms with Crippen molar-refractivity contribution in [1.82, 2.24) is 15.5 Å². The van der Waals surface area contributed by atoms with Crippen LogP contribution in [0, 0.1) is 5.82 Å². The van der Waals surface area contributed by atoms with E-state index in [9.17, 15) is 9.18 Å². The number of guanidine groups is 1. The molecule has 0 bridgehead atoms. The lowest BCUT2D eigenvalue weighted by molar-refractivity contribution is -0.120. The zero-order valence-corrected chi connectivity index (χ0v) is 17.4. The van der Waals surface area contributed by atoms with Gasteiger partial charge in [0, 0.05) is 38.6 Å². The van der Waals surface area contributed by atoms with Gasteiger partial charge >= 0.3 is 0 Å². The fourth-order valence-corrected chi connectivity index (χ4v) is 3.14. The largest absolute Gasteiger partial charge is 0.354 e. The molecule has 0 atom stereocenters. The number of halogens is 1. The molecule has 0 saturated heterocycles. The van der Waals surface area contributed by atoms with Gasteiger partial charge in [-0.05, 0) is 41.6 Å². The summed E-state index contributed by atoms with van der Waals surface area (Å²) < 4.78 is 13.2. The maximum absolute atomic E-state index is 13.2. The first-order valence-corrected chi connectivity index (χ1v) is 10.3. The molecule has 150 valence electrons. The summed E-state index contributed by atoms with van der Waals surface area (Å²) in [7, 11) is 3.71. The van der Waals surface area contributed by atoms with E-state index in [4.69, 9.17) is 0 Å². The number of carbonyl (C=O) groups is 1. The summed E-state index contributed by atoms with van der Waals surface area (Å²) in [5, 5.41) is 6.07. The van der Waals surface area contributed by atoms with Crippen LogP contribution in [0.3, 0.4) is 0 Å². The molecule has 2 aromatic carbocycles. The van der Waals surface area contributed by atoms with E-state index >= 15 is 0 Å². The molecule has 0 aliphatic heterocycles. The molecule has 1 amide bonds. The van der Waals surface area contributed by atoms with Crippen molar-refractivity contribution in [2.24, 2.45) is 4.99 Å². The molecule has 5 nitrogen and oxygen atoms in total. The highest BCUT2D eigenvalue weighted by molar-refractivity contribution is 7.98. The third-order valence-electron chi connectivity index (χ3n) is 4.14. The van der Waals surface area contributed by atoms with Gasteiger partial charge < -0.3 is 15.5 Å².